The summed E-state index contributed by atoms with van der Waals surface area (Å²) >= 11 is 0. The average Bonchev–Trinajstić information content (AvgIpc) is 3.05. The maximum atomic E-state index is 12.7. The van der Waals surface area contributed by atoms with Gasteiger partial charge in [0.25, 0.3) is 0 Å². The first-order chi connectivity index (χ1) is 9.36. The Balaban J connectivity index is 1.73. The fourth-order valence-electron chi connectivity index (χ4n) is 4.05. The highest BCUT2D eigenvalue weighted by atomic mass is 16.2. The number of rotatable bonds is 3. The first kappa shape index (κ1) is 13.4. The van der Waals surface area contributed by atoms with Crippen molar-refractivity contribution in [2.75, 3.05) is 0 Å². The lowest BCUT2D eigenvalue weighted by Crippen LogP contribution is -2.41. The van der Waals surface area contributed by atoms with Crippen molar-refractivity contribution in [3.63, 3.8) is 0 Å². The molecule has 4 nitrogen and oxygen atoms in total. The fourth-order valence-corrected chi connectivity index (χ4v) is 4.05. The van der Waals surface area contributed by atoms with Gasteiger partial charge in [-0.1, -0.05) is 26.0 Å². The van der Waals surface area contributed by atoms with Crippen LogP contribution in [-0.2, 0) is 11.3 Å². The topological polar surface area (TPSA) is 57.8 Å². The molecule has 108 valence electrons. The molecule has 2 saturated carbocycles. The van der Waals surface area contributed by atoms with Gasteiger partial charge in [0, 0.05) is 5.69 Å². The lowest BCUT2D eigenvalue weighted by molar-refractivity contribution is -0.128. The van der Waals surface area contributed by atoms with Gasteiger partial charge in [0.1, 0.15) is 0 Å². The van der Waals surface area contributed by atoms with E-state index in [1.165, 1.54) is 0 Å². The molecule has 2 N–H and O–H groups in total. The Kier molecular flexibility index (Phi) is 2.82. The van der Waals surface area contributed by atoms with Crippen LogP contribution in [0.25, 0.3) is 0 Å². The maximum Gasteiger partial charge on any atom is 0.230 e. The van der Waals surface area contributed by atoms with Crippen LogP contribution >= 0.6 is 0 Å². The zero-order valence-corrected chi connectivity index (χ0v) is 12.5. The summed E-state index contributed by atoms with van der Waals surface area (Å²) in [6, 6.07) is 1.96. The third kappa shape index (κ3) is 1.74. The highest BCUT2D eigenvalue weighted by molar-refractivity contribution is 5.87. The summed E-state index contributed by atoms with van der Waals surface area (Å²) in [5.74, 6) is 0.740. The van der Waals surface area contributed by atoms with E-state index in [1.807, 2.05) is 13.0 Å². The molecule has 0 spiro atoms. The molecule has 0 aliphatic heterocycles. The van der Waals surface area contributed by atoms with Crippen molar-refractivity contribution in [2.24, 2.45) is 16.7 Å². The second kappa shape index (κ2) is 4.21. The molecule has 2 atom stereocenters. The number of hydrogen-bond donors (Lipinski definition) is 2. The van der Waals surface area contributed by atoms with Gasteiger partial charge in [0.2, 0.25) is 5.91 Å². The molecule has 1 amide bonds. The van der Waals surface area contributed by atoms with Crippen molar-refractivity contribution in [3.8, 4) is 0 Å². The first-order valence-electron chi connectivity index (χ1n) is 7.35. The van der Waals surface area contributed by atoms with Crippen molar-refractivity contribution in [1.82, 2.24) is 15.5 Å². The summed E-state index contributed by atoms with van der Waals surface area (Å²) in [4.78, 5) is 12.7. The Bertz CT molecular complexity index is 572. The van der Waals surface area contributed by atoms with E-state index in [9.17, 15) is 4.79 Å². The minimum Gasteiger partial charge on any atom is -0.350 e. The third-order valence-electron chi connectivity index (χ3n) is 5.51. The molecule has 0 radical (unpaired) electrons. The van der Waals surface area contributed by atoms with Gasteiger partial charge in [-0.3, -0.25) is 9.89 Å². The Hall–Kier alpha value is -1.58. The van der Waals surface area contributed by atoms with Crippen molar-refractivity contribution in [3.05, 3.63) is 29.6 Å². The van der Waals surface area contributed by atoms with Gasteiger partial charge in [-0.2, -0.15) is 5.10 Å². The van der Waals surface area contributed by atoms with Gasteiger partial charge in [0.15, 0.2) is 0 Å². The highest BCUT2D eigenvalue weighted by Crippen LogP contribution is 2.65. The standard InChI is InChI=1S/C16H23N3O/c1-10-7-13(19-18-10)9-17-14(20)16-6-5-12(8-16)15(3,4)11(16)2/h7,12H,2,5-6,8-9H2,1,3-4H3,(H,17,20)(H,18,19)/t12-,16-/m0/s1. The summed E-state index contributed by atoms with van der Waals surface area (Å²) < 4.78 is 0. The molecule has 2 aliphatic rings. The van der Waals surface area contributed by atoms with Crippen LogP contribution in [-0.4, -0.2) is 16.1 Å². The van der Waals surface area contributed by atoms with E-state index < -0.39 is 0 Å². The first-order valence-corrected chi connectivity index (χ1v) is 7.35. The van der Waals surface area contributed by atoms with Gasteiger partial charge in [-0.05, 0) is 43.6 Å². The Morgan fingerprint density at radius 3 is 2.90 bits per heavy atom. The van der Waals surface area contributed by atoms with Crippen LogP contribution in [0.2, 0.25) is 0 Å². The number of nitrogens with zero attached hydrogens (tertiary/aromatic N) is 1. The molecule has 2 aliphatic carbocycles. The summed E-state index contributed by atoms with van der Waals surface area (Å²) in [6.07, 6.45) is 3.05. The second-order valence-electron chi connectivity index (χ2n) is 6.95. The van der Waals surface area contributed by atoms with E-state index in [1.54, 1.807) is 0 Å². The molecule has 1 heterocycles. The van der Waals surface area contributed by atoms with Crippen molar-refractivity contribution >= 4 is 5.91 Å². The quantitative estimate of drug-likeness (QED) is 0.832. The number of H-pyrrole nitrogens is 1. The summed E-state index contributed by atoms with van der Waals surface area (Å²) in [6.45, 7) is 11.2. The van der Waals surface area contributed by atoms with E-state index in [2.05, 4.69) is 35.9 Å². The van der Waals surface area contributed by atoms with Crippen molar-refractivity contribution < 1.29 is 4.79 Å². The van der Waals surface area contributed by atoms with Crippen LogP contribution in [0, 0.1) is 23.7 Å². The zero-order valence-electron chi connectivity index (χ0n) is 12.5. The highest BCUT2D eigenvalue weighted by Gasteiger charge is 2.60. The minimum atomic E-state index is -0.334. The lowest BCUT2D eigenvalue weighted by atomic mass is 9.68. The van der Waals surface area contributed by atoms with Gasteiger partial charge < -0.3 is 5.32 Å². The summed E-state index contributed by atoms with van der Waals surface area (Å²) in [7, 11) is 0. The lowest BCUT2D eigenvalue weighted by Gasteiger charge is -2.37. The number of nitrogens with one attached hydrogen (secondary N) is 2. The predicted molar refractivity (Wildman–Crippen MR) is 77.9 cm³/mol. The molecule has 2 fully saturated rings. The SMILES string of the molecule is C=C1C(C)(C)[C@H]2CC[C@]1(C(=O)NCc1cc(C)[nH]n1)C2. The van der Waals surface area contributed by atoms with Crippen LogP contribution < -0.4 is 5.32 Å². The van der Waals surface area contributed by atoms with Gasteiger partial charge >= 0.3 is 0 Å². The second-order valence-corrected chi connectivity index (χ2v) is 6.95. The molecule has 0 saturated heterocycles. The minimum absolute atomic E-state index is 0.0957. The van der Waals surface area contributed by atoms with Crippen molar-refractivity contribution in [1.29, 1.82) is 0 Å². The Morgan fingerprint density at radius 1 is 1.60 bits per heavy atom. The molecule has 2 bridgehead atoms. The number of aromatic amines is 1. The Labute approximate surface area is 120 Å². The molecule has 3 rings (SSSR count). The third-order valence-corrected chi connectivity index (χ3v) is 5.51. The van der Waals surface area contributed by atoms with Gasteiger partial charge in [0.05, 0.1) is 17.7 Å². The van der Waals surface area contributed by atoms with Crippen LogP contribution in [0.5, 0.6) is 0 Å². The molecule has 1 aromatic heterocycles. The predicted octanol–water partition coefficient (Wildman–Crippen LogP) is 2.72. The van der Waals surface area contributed by atoms with E-state index in [0.717, 1.165) is 36.2 Å². The largest absolute Gasteiger partial charge is 0.350 e. The van der Waals surface area contributed by atoms with Crippen LogP contribution in [0.4, 0.5) is 0 Å². The normalized spacial score (nSPS) is 30.8. The molecule has 0 aromatic carbocycles. The molecule has 1 aromatic rings. The van der Waals surface area contributed by atoms with Gasteiger partial charge in [-0.15, -0.1) is 0 Å². The maximum absolute atomic E-state index is 12.7. The molecule has 0 unspecified atom stereocenters. The van der Waals surface area contributed by atoms with E-state index in [-0.39, 0.29) is 16.7 Å². The van der Waals surface area contributed by atoms with Crippen LogP contribution in [0.15, 0.2) is 18.2 Å². The summed E-state index contributed by atoms with van der Waals surface area (Å²) in [5, 5.41) is 10.1. The van der Waals surface area contributed by atoms with Crippen molar-refractivity contribution in [2.45, 2.75) is 46.6 Å². The number of aromatic nitrogens is 2. The number of carbonyl (C=O) groups is 1. The zero-order chi connectivity index (χ0) is 14.5. The Morgan fingerprint density at radius 2 is 2.35 bits per heavy atom. The molecule has 4 heteroatoms. The molecular formula is C16H23N3O. The molecular weight excluding hydrogens is 250 g/mol. The molecule has 20 heavy (non-hydrogen) atoms. The number of amides is 1. The van der Waals surface area contributed by atoms with E-state index >= 15 is 0 Å². The smallest absolute Gasteiger partial charge is 0.230 e. The number of hydrogen-bond acceptors (Lipinski definition) is 2. The van der Waals surface area contributed by atoms with Crippen LogP contribution in [0.1, 0.15) is 44.5 Å². The van der Waals surface area contributed by atoms with Crippen LogP contribution in [0.3, 0.4) is 0 Å². The summed E-state index contributed by atoms with van der Waals surface area (Å²) in [5.41, 5.74) is 2.78. The average molecular weight is 273 g/mol. The van der Waals surface area contributed by atoms with E-state index in [0.29, 0.717) is 12.5 Å². The monoisotopic (exact) mass is 273 g/mol. The van der Waals surface area contributed by atoms with Gasteiger partial charge in [-0.25, -0.2) is 0 Å². The number of aryl methyl sites for hydroxylation is 1. The number of carbonyl (C=O) groups excluding carboxylic acids is 1. The number of fused-ring (bicyclic) bond motifs is 2. The fraction of sp³-hybridized carbons (Fsp3) is 0.625. The van der Waals surface area contributed by atoms with E-state index in [4.69, 9.17) is 0 Å².